The third-order valence-electron chi connectivity index (χ3n) is 3.64. The van der Waals surface area contributed by atoms with Crippen LogP contribution in [0.5, 0.6) is 0 Å². The fourth-order valence-electron chi connectivity index (χ4n) is 2.54. The number of amides is 2. The molecule has 0 spiro atoms. The highest BCUT2D eigenvalue weighted by atomic mass is 32.1. The van der Waals surface area contributed by atoms with Crippen LogP contribution >= 0.6 is 11.3 Å². The molecule has 116 valence electrons. The van der Waals surface area contributed by atoms with Crippen molar-refractivity contribution in [2.75, 3.05) is 13.1 Å². The van der Waals surface area contributed by atoms with E-state index in [1.807, 2.05) is 48.9 Å². The van der Waals surface area contributed by atoms with Gasteiger partial charge in [0.25, 0.3) is 0 Å². The highest BCUT2D eigenvalue weighted by Crippen LogP contribution is 2.14. The smallest absolute Gasteiger partial charge is 0.320 e. The van der Waals surface area contributed by atoms with E-state index >= 15 is 0 Å². The summed E-state index contributed by atoms with van der Waals surface area (Å²) in [5.41, 5.74) is 2.12. The van der Waals surface area contributed by atoms with Crippen molar-refractivity contribution in [1.29, 1.82) is 0 Å². The van der Waals surface area contributed by atoms with Crippen LogP contribution in [0.25, 0.3) is 5.69 Å². The number of rotatable bonds is 1. The van der Waals surface area contributed by atoms with Crippen LogP contribution < -0.4 is 4.80 Å². The molecule has 1 aliphatic rings. The number of hydrogen-bond donors (Lipinski definition) is 0. The number of nitrogens with zero attached hydrogens (tertiary/aromatic N) is 3. The van der Waals surface area contributed by atoms with E-state index in [1.165, 1.54) is 16.2 Å². The van der Waals surface area contributed by atoms with Gasteiger partial charge in [-0.1, -0.05) is 12.1 Å². The van der Waals surface area contributed by atoms with E-state index in [2.05, 4.69) is 4.99 Å². The fraction of sp³-hybridized carbons (Fsp3) is 0.375. The Hall–Kier alpha value is -1.95. The van der Waals surface area contributed by atoms with Crippen molar-refractivity contribution in [1.82, 2.24) is 9.47 Å². The first-order valence-corrected chi connectivity index (χ1v) is 8.08. The van der Waals surface area contributed by atoms with Crippen molar-refractivity contribution in [2.24, 2.45) is 4.99 Å². The van der Waals surface area contributed by atoms with E-state index in [0.717, 1.165) is 16.1 Å². The molecule has 0 unspecified atom stereocenters. The molecule has 0 radical (unpaired) electrons. The Morgan fingerprint density at radius 2 is 2.23 bits per heavy atom. The Labute approximate surface area is 132 Å². The van der Waals surface area contributed by atoms with Gasteiger partial charge >= 0.3 is 6.03 Å². The van der Waals surface area contributed by atoms with Crippen molar-refractivity contribution in [3.05, 3.63) is 45.7 Å². The van der Waals surface area contributed by atoms with E-state index < -0.39 is 6.17 Å². The summed E-state index contributed by atoms with van der Waals surface area (Å²) in [6, 6.07) is 7.67. The Morgan fingerprint density at radius 3 is 2.91 bits per heavy atom. The normalized spacial score (nSPS) is 19.0. The summed E-state index contributed by atoms with van der Waals surface area (Å²) in [4.78, 5) is 19.6. The van der Waals surface area contributed by atoms with Gasteiger partial charge in [-0.05, 0) is 38.0 Å². The molecule has 22 heavy (non-hydrogen) atoms. The molecule has 1 atom stereocenters. The number of aromatic nitrogens is 1. The number of hydrogen-bond acceptors (Lipinski definition) is 2. The lowest BCUT2D eigenvalue weighted by Gasteiger charge is -2.11. The maximum atomic E-state index is 13.2. The van der Waals surface area contributed by atoms with Gasteiger partial charge in [-0.25, -0.2) is 9.18 Å². The van der Waals surface area contributed by atoms with Crippen LogP contribution in [0.4, 0.5) is 9.18 Å². The largest absolute Gasteiger partial charge is 0.346 e. The molecule has 0 N–H and O–H groups in total. The lowest BCUT2D eigenvalue weighted by molar-refractivity contribution is 0.213. The lowest BCUT2D eigenvalue weighted by atomic mass is 10.2. The van der Waals surface area contributed by atoms with Crippen molar-refractivity contribution in [3.8, 4) is 5.69 Å². The molecular weight excluding hydrogens is 301 g/mol. The summed E-state index contributed by atoms with van der Waals surface area (Å²) < 4.78 is 15.1. The Bertz CT molecular complexity index is 765. The zero-order valence-electron chi connectivity index (χ0n) is 12.6. The molecule has 1 fully saturated rings. The third-order valence-corrected chi connectivity index (χ3v) is 4.54. The molecule has 2 aromatic rings. The quantitative estimate of drug-likeness (QED) is 0.795. The first-order valence-electron chi connectivity index (χ1n) is 7.27. The van der Waals surface area contributed by atoms with Crippen LogP contribution in [0.2, 0.25) is 0 Å². The predicted octanol–water partition coefficient (Wildman–Crippen LogP) is 3.22. The predicted molar refractivity (Wildman–Crippen MR) is 85.2 cm³/mol. The summed E-state index contributed by atoms with van der Waals surface area (Å²) in [5.74, 6) is 0. The number of urea groups is 1. The fourth-order valence-corrected chi connectivity index (χ4v) is 3.37. The zero-order chi connectivity index (χ0) is 15.7. The molecule has 1 aromatic heterocycles. The maximum absolute atomic E-state index is 13.2. The minimum Gasteiger partial charge on any atom is -0.320 e. The number of halogens is 1. The van der Waals surface area contributed by atoms with Gasteiger partial charge in [-0.15, -0.1) is 11.3 Å². The van der Waals surface area contributed by atoms with Gasteiger partial charge in [0.1, 0.15) is 6.17 Å². The summed E-state index contributed by atoms with van der Waals surface area (Å²) in [6.45, 7) is 4.60. The average Bonchev–Trinajstić information content (AvgIpc) is 3.05. The Balaban J connectivity index is 1.97. The second-order valence-corrected chi connectivity index (χ2v) is 6.77. The van der Waals surface area contributed by atoms with Gasteiger partial charge in [0.2, 0.25) is 0 Å². The minimum atomic E-state index is -0.923. The maximum Gasteiger partial charge on any atom is 0.346 e. The molecule has 2 amide bonds. The van der Waals surface area contributed by atoms with E-state index in [9.17, 15) is 9.18 Å². The number of alkyl halides is 1. The molecule has 3 rings (SSSR count). The second kappa shape index (κ2) is 6.04. The number of carbonyl (C=O) groups excluding carboxylic acids is 1. The Morgan fingerprint density at radius 1 is 1.41 bits per heavy atom. The molecule has 4 nitrogen and oxygen atoms in total. The molecule has 1 aliphatic heterocycles. The third kappa shape index (κ3) is 3.11. The van der Waals surface area contributed by atoms with Crippen molar-refractivity contribution in [3.63, 3.8) is 0 Å². The SMILES string of the molecule is Cc1cccc(-n2cc(C)sc2=NC(=O)N2CC[C@@H](F)C2)c1. The van der Waals surface area contributed by atoms with Crippen LogP contribution in [-0.4, -0.2) is 34.8 Å². The number of likely N-dealkylation sites (tertiary alicyclic amines) is 1. The molecule has 0 bridgehead atoms. The molecule has 1 aromatic carbocycles. The summed E-state index contributed by atoms with van der Waals surface area (Å²) in [7, 11) is 0. The highest BCUT2D eigenvalue weighted by Gasteiger charge is 2.25. The molecular formula is C16H18FN3OS. The van der Waals surface area contributed by atoms with E-state index in [0.29, 0.717) is 17.8 Å². The topological polar surface area (TPSA) is 37.6 Å². The summed E-state index contributed by atoms with van der Waals surface area (Å²) >= 11 is 1.46. The first kappa shape index (κ1) is 15.0. The number of benzene rings is 1. The standard InChI is InChI=1S/C16H18FN3OS/c1-11-4-3-5-14(8-11)20-9-12(2)22-16(20)18-15(21)19-7-6-13(17)10-19/h3-5,8-9,13H,6-7,10H2,1-2H3/t13-/m1/s1. The molecule has 1 saturated heterocycles. The van der Waals surface area contributed by atoms with Crippen LogP contribution in [0.3, 0.4) is 0 Å². The van der Waals surface area contributed by atoms with Crippen molar-refractivity contribution < 1.29 is 9.18 Å². The van der Waals surface area contributed by atoms with Gasteiger partial charge in [-0.3, -0.25) is 4.57 Å². The molecule has 2 heterocycles. The number of carbonyl (C=O) groups is 1. The Kier molecular flexibility index (Phi) is 4.11. The van der Waals surface area contributed by atoms with Crippen molar-refractivity contribution in [2.45, 2.75) is 26.4 Å². The van der Waals surface area contributed by atoms with Crippen LogP contribution in [0, 0.1) is 13.8 Å². The summed E-state index contributed by atoms with van der Waals surface area (Å²) in [5, 5.41) is 0. The summed E-state index contributed by atoms with van der Waals surface area (Å²) in [6.07, 6.45) is 1.45. The first-order chi connectivity index (χ1) is 10.5. The van der Waals surface area contributed by atoms with Crippen LogP contribution in [0.15, 0.2) is 35.5 Å². The molecule has 0 aliphatic carbocycles. The van der Waals surface area contributed by atoms with Gasteiger partial charge in [0, 0.05) is 23.3 Å². The van der Waals surface area contributed by atoms with Gasteiger partial charge in [0.05, 0.1) is 6.54 Å². The highest BCUT2D eigenvalue weighted by molar-refractivity contribution is 7.09. The molecule has 0 saturated carbocycles. The lowest BCUT2D eigenvalue weighted by Crippen LogP contribution is -2.28. The van der Waals surface area contributed by atoms with Gasteiger partial charge in [-0.2, -0.15) is 4.99 Å². The van der Waals surface area contributed by atoms with Gasteiger partial charge in [0.15, 0.2) is 4.80 Å². The van der Waals surface area contributed by atoms with Crippen molar-refractivity contribution >= 4 is 17.4 Å². The van der Waals surface area contributed by atoms with E-state index in [4.69, 9.17) is 0 Å². The van der Waals surface area contributed by atoms with Crippen LogP contribution in [-0.2, 0) is 0 Å². The zero-order valence-corrected chi connectivity index (χ0v) is 13.4. The van der Waals surface area contributed by atoms with E-state index in [1.54, 1.807) is 0 Å². The molecule has 6 heteroatoms. The monoisotopic (exact) mass is 319 g/mol. The van der Waals surface area contributed by atoms with Crippen LogP contribution in [0.1, 0.15) is 16.9 Å². The van der Waals surface area contributed by atoms with E-state index in [-0.39, 0.29) is 12.6 Å². The minimum absolute atomic E-state index is 0.150. The van der Waals surface area contributed by atoms with Gasteiger partial charge < -0.3 is 4.90 Å². The second-order valence-electron chi connectivity index (χ2n) is 5.56. The number of thiazole rings is 1. The number of aryl methyl sites for hydroxylation is 2. The average molecular weight is 319 g/mol.